The van der Waals surface area contributed by atoms with Crippen LogP contribution in [0.5, 0.6) is 0 Å². The van der Waals surface area contributed by atoms with E-state index in [-0.39, 0.29) is 22.6 Å². The highest BCUT2D eigenvalue weighted by Gasteiger charge is 2.12. The molecular weight excluding hydrogens is 234 g/mol. The van der Waals surface area contributed by atoms with Crippen LogP contribution in [-0.4, -0.2) is 21.9 Å². The Balaban J connectivity index is 2.69. The highest BCUT2D eigenvalue weighted by Crippen LogP contribution is 2.06. The zero-order valence-electron chi connectivity index (χ0n) is 8.03. The van der Waals surface area contributed by atoms with Gasteiger partial charge in [0.15, 0.2) is 0 Å². The van der Waals surface area contributed by atoms with Crippen molar-refractivity contribution >= 4 is 34.7 Å². The minimum absolute atomic E-state index is 0.234. The minimum atomic E-state index is -0.357. The van der Waals surface area contributed by atoms with Crippen molar-refractivity contribution in [1.82, 2.24) is 10.3 Å². The number of rotatable bonds is 3. The third kappa shape index (κ3) is 3.45. The first-order valence-electron chi connectivity index (χ1n) is 4.22. The zero-order chi connectivity index (χ0) is 11.4. The Kier molecular flexibility index (Phi) is 3.99. The summed E-state index contributed by atoms with van der Waals surface area (Å²) in [7, 11) is 0. The molecule has 80 valence electrons. The smallest absolute Gasteiger partial charge is 0.270 e. The van der Waals surface area contributed by atoms with E-state index in [4.69, 9.17) is 29.6 Å². The second-order valence-electron chi connectivity index (χ2n) is 2.96. The molecule has 0 radical (unpaired) electrons. The molecule has 0 spiro atoms. The molecule has 0 fully saturated rings. The van der Waals surface area contributed by atoms with E-state index in [2.05, 4.69) is 10.3 Å². The Morgan fingerprint density at radius 1 is 1.67 bits per heavy atom. The quantitative estimate of drug-likeness (QED) is 0.782. The van der Waals surface area contributed by atoms with Crippen LogP contribution in [0.3, 0.4) is 0 Å². The molecule has 3 N–H and O–H groups in total. The number of halogens is 1. The van der Waals surface area contributed by atoms with Crippen LogP contribution < -0.4 is 11.1 Å². The van der Waals surface area contributed by atoms with Gasteiger partial charge in [-0.15, -0.1) is 0 Å². The minimum Gasteiger partial charge on any atom is -0.392 e. The van der Waals surface area contributed by atoms with Crippen molar-refractivity contribution in [2.24, 2.45) is 5.73 Å². The fourth-order valence-electron chi connectivity index (χ4n) is 0.852. The van der Waals surface area contributed by atoms with Gasteiger partial charge in [-0.05, 0) is 19.1 Å². The molecule has 0 aliphatic carbocycles. The Hall–Kier alpha value is -1.20. The van der Waals surface area contributed by atoms with Gasteiger partial charge >= 0.3 is 0 Å². The summed E-state index contributed by atoms with van der Waals surface area (Å²) in [6.07, 6.45) is 1.40. The standard InChI is InChI=1S/C9H10ClN3OS/c1-5(8(11)15)13-9(14)7-3-2-6(10)4-12-7/h2-5H,1H3,(H2,11,15)(H,13,14). The molecule has 1 aromatic rings. The molecule has 1 amide bonds. The molecule has 0 saturated carbocycles. The van der Waals surface area contributed by atoms with E-state index in [1.807, 2.05) is 0 Å². The first-order valence-corrected chi connectivity index (χ1v) is 5.01. The van der Waals surface area contributed by atoms with Crippen molar-refractivity contribution in [3.8, 4) is 0 Å². The van der Waals surface area contributed by atoms with E-state index in [0.717, 1.165) is 0 Å². The molecule has 1 aromatic heterocycles. The molecule has 1 unspecified atom stereocenters. The number of carbonyl (C=O) groups is 1. The average Bonchev–Trinajstić information content (AvgIpc) is 2.18. The van der Waals surface area contributed by atoms with Crippen LogP contribution in [0.4, 0.5) is 0 Å². The summed E-state index contributed by atoms with van der Waals surface area (Å²) < 4.78 is 0. The van der Waals surface area contributed by atoms with Crippen molar-refractivity contribution in [3.05, 3.63) is 29.0 Å². The van der Waals surface area contributed by atoms with Crippen LogP contribution in [0.1, 0.15) is 17.4 Å². The number of carbonyl (C=O) groups excluding carboxylic acids is 1. The van der Waals surface area contributed by atoms with Gasteiger partial charge in [0.1, 0.15) is 5.69 Å². The molecule has 4 nitrogen and oxygen atoms in total. The Morgan fingerprint density at radius 2 is 2.33 bits per heavy atom. The summed E-state index contributed by atoms with van der Waals surface area (Å²) in [6, 6.07) is 2.77. The Morgan fingerprint density at radius 3 is 2.80 bits per heavy atom. The maximum Gasteiger partial charge on any atom is 0.270 e. The SMILES string of the molecule is CC(NC(=O)c1ccc(Cl)cn1)C(N)=S. The molecule has 15 heavy (non-hydrogen) atoms. The van der Waals surface area contributed by atoms with Gasteiger partial charge in [0.2, 0.25) is 0 Å². The summed E-state index contributed by atoms with van der Waals surface area (Å²) >= 11 is 10.4. The summed E-state index contributed by atoms with van der Waals surface area (Å²) in [5.41, 5.74) is 5.64. The van der Waals surface area contributed by atoms with Crippen molar-refractivity contribution in [2.45, 2.75) is 13.0 Å². The number of pyridine rings is 1. The van der Waals surface area contributed by atoms with E-state index in [1.165, 1.54) is 12.3 Å². The van der Waals surface area contributed by atoms with Crippen LogP contribution in [-0.2, 0) is 0 Å². The first kappa shape index (κ1) is 11.9. The zero-order valence-corrected chi connectivity index (χ0v) is 9.60. The molecule has 6 heteroatoms. The number of thiocarbonyl (C=S) groups is 1. The lowest BCUT2D eigenvalue weighted by molar-refractivity contribution is 0.0944. The molecule has 0 aromatic carbocycles. The topological polar surface area (TPSA) is 68.0 Å². The van der Waals surface area contributed by atoms with Gasteiger partial charge in [-0.3, -0.25) is 4.79 Å². The van der Waals surface area contributed by atoms with Crippen LogP contribution in [0.2, 0.25) is 5.02 Å². The summed E-state index contributed by atoms with van der Waals surface area (Å²) in [5, 5.41) is 3.08. The molecule has 0 bridgehead atoms. The fraction of sp³-hybridized carbons (Fsp3) is 0.222. The molecule has 0 saturated heterocycles. The monoisotopic (exact) mass is 243 g/mol. The van der Waals surface area contributed by atoms with E-state index < -0.39 is 0 Å². The maximum absolute atomic E-state index is 11.5. The predicted octanol–water partition coefficient (Wildman–Crippen LogP) is 1.14. The number of aromatic nitrogens is 1. The van der Waals surface area contributed by atoms with Crippen LogP contribution in [0.15, 0.2) is 18.3 Å². The number of nitrogens with one attached hydrogen (secondary N) is 1. The van der Waals surface area contributed by atoms with Crippen LogP contribution in [0.25, 0.3) is 0 Å². The first-order chi connectivity index (χ1) is 7.00. The number of nitrogens with zero attached hydrogens (tertiary/aromatic N) is 1. The van der Waals surface area contributed by atoms with Crippen LogP contribution >= 0.6 is 23.8 Å². The van der Waals surface area contributed by atoms with Gasteiger partial charge in [0.25, 0.3) is 5.91 Å². The molecule has 1 rings (SSSR count). The van der Waals surface area contributed by atoms with Gasteiger partial charge in [-0.2, -0.15) is 0 Å². The molecule has 0 aliphatic heterocycles. The normalized spacial score (nSPS) is 11.9. The van der Waals surface area contributed by atoms with E-state index in [0.29, 0.717) is 5.02 Å². The van der Waals surface area contributed by atoms with E-state index in [1.54, 1.807) is 13.0 Å². The van der Waals surface area contributed by atoms with Gasteiger partial charge < -0.3 is 11.1 Å². The molecular formula is C9H10ClN3OS. The lowest BCUT2D eigenvalue weighted by atomic mass is 10.3. The van der Waals surface area contributed by atoms with Crippen molar-refractivity contribution in [2.75, 3.05) is 0 Å². The number of amides is 1. The van der Waals surface area contributed by atoms with E-state index >= 15 is 0 Å². The Labute approximate surface area is 97.8 Å². The van der Waals surface area contributed by atoms with Crippen molar-refractivity contribution in [1.29, 1.82) is 0 Å². The third-order valence-electron chi connectivity index (χ3n) is 1.73. The third-order valence-corrected chi connectivity index (χ3v) is 2.31. The number of hydrogen-bond donors (Lipinski definition) is 2. The second-order valence-corrected chi connectivity index (χ2v) is 3.87. The van der Waals surface area contributed by atoms with Crippen LogP contribution in [0, 0.1) is 0 Å². The molecule has 0 aliphatic rings. The lowest BCUT2D eigenvalue weighted by Crippen LogP contribution is -2.41. The van der Waals surface area contributed by atoms with Gasteiger partial charge in [0, 0.05) is 6.20 Å². The van der Waals surface area contributed by atoms with E-state index in [9.17, 15) is 4.79 Å². The Bertz CT molecular complexity index is 379. The maximum atomic E-state index is 11.5. The van der Waals surface area contributed by atoms with Gasteiger partial charge in [-0.1, -0.05) is 23.8 Å². The van der Waals surface area contributed by atoms with Gasteiger partial charge in [0.05, 0.1) is 16.1 Å². The molecule has 1 heterocycles. The number of hydrogen-bond acceptors (Lipinski definition) is 3. The second kappa shape index (κ2) is 5.04. The molecule has 1 atom stereocenters. The highest BCUT2D eigenvalue weighted by molar-refractivity contribution is 7.80. The highest BCUT2D eigenvalue weighted by atomic mass is 35.5. The van der Waals surface area contributed by atoms with Crippen molar-refractivity contribution < 1.29 is 4.79 Å². The summed E-state index contributed by atoms with van der Waals surface area (Å²) in [6.45, 7) is 1.70. The average molecular weight is 244 g/mol. The summed E-state index contributed by atoms with van der Waals surface area (Å²) in [4.78, 5) is 15.6. The lowest BCUT2D eigenvalue weighted by Gasteiger charge is -2.11. The van der Waals surface area contributed by atoms with Gasteiger partial charge in [-0.25, -0.2) is 4.98 Å². The predicted molar refractivity (Wildman–Crippen MR) is 63.0 cm³/mol. The van der Waals surface area contributed by atoms with Crippen molar-refractivity contribution in [3.63, 3.8) is 0 Å². The number of nitrogens with two attached hydrogens (primary N) is 1. The largest absolute Gasteiger partial charge is 0.392 e. The fourth-order valence-corrected chi connectivity index (χ4v) is 1.02. The summed E-state index contributed by atoms with van der Waals surface area (Å²) in [5.74, 6) is -0.327.